The second-order valence-electron chi connectivity index (χ2n) is 3.90. The third kappa shape index (κ3) is 2.11. The summed E-state index contributed by atoms with van der Waals surface area (Å²) >= 11 is 0. The lowest BCUT2D eigenvalue weighted by atomic mass is 9.97. The van der Waals surface area contributed by atoms with E-state index in [-0.39, 0.29) is 11.6 Å². The van der Waals surface area contributed by atoms with E-state index < -0.39 is 0 Å². The van der Waals surface area contributed by atoms with Crippen LogP contribution >= 0.6 is 0 Å². The maximum Gasteiger partial charge on any atom is 0.194 e. The molecule has 0 bridgehead atoms. The molecular formula is C15H16O2. The van der Waals surface area contributed by atoms with Crippen LogP contribution in [0.15, 0.2) is 59.3 Å². The number of carbonyl (C=O) groups is 2. The van der Waals surface area contributed by atoms with E-state index in [1.165, 1.54) is 13.0 Å². The van der Waals surface area contributed by atoms with Gasteiger partial charge in [-0.3, -0.25) is 9.59 Å². The van der Waals surface area contributed by atoms with Gasteiger partial charge in [0.1, 0.15) is 0 Å². The van der Waals surface area contributed by atoms with Crippen LogP contribution in [0.1, 0.15) is 20.8 Å². The van der Waals surface area contributed by atoms with Crippen molar-refractivity contribution >= 4 is 11.6 Å². The topological polar surface area (TPSA) is 34.1 Å². The van der Waals surface area contributed by atoms with Gasteiger partial charge in [0, 0.05) is 16.7 Å². The molecule has 1 rings (SSSR count). The third-order valence-corrected chi connectivity index (χ3v) is 2.82. The Morgan fingerprint density at radius 2 is 1.94 bits per heavy atom. The summed E-state index contributed by atoms with van der Waals surface area (Å²) in [4.78, 5) is 23.7. The molecular weight excluding hydrogens is 212 g/mol. The normalized spacial score (nSPS) is 19.2. The van der Waals surface area contributed by atoms with E-state index in [1.807, 2.05) is 6.92 Å². The summed E-state index contributed by atoms with van der Waals surface area (Å²) in [6.45, 7) is 12.6. The Bertz CT molecular complexity index is 511. The third-order valence-electron chi connectivity index (χ3n) is 2.82. The lowest BCUT2D eigenvalue weighted by Crippen LogP contribution is -2.06. The van der Waals surface area contributed by atoms with E-state index in [9.17, 15) is 9.59 Å². The van der Waals surface area contributed by atoms with Crippen molar-refractivity contribution in [3.8, 4) is 0 Å². The molecule has 0 unspecified atom stereocenters. The second-order valence-corrected chi connectivity index (χ2v) is 3.90. The quantitative estimate of drug-likeness (QED) is 0.695. The second kappa shape index (κ2) is 4.91. The Morgan fingerprint density at radius 3 is 2.29 bits per heavy atom. The average molecular weight is 228 g/mol. The highest BCUT2D eigenvalue weighted by Crippen LogP contribution is 2.34. The lowest BCUT2D eigenvalue weighted by molar-refractivity contribution is -0.115. The molecule has 1 aliphatic rings. The number of hydrogen-bond acceptors (Lipinski definition) is 2. The van der Waals surface area contributed by atoms with Crippen molar-refractivity contribution in [3.05, 3.63) is 59.3 Å². The van der Waals surface area contributed by atoms with Gasteiger partial charge in [-0.05, 0) is 31.9 Å². The molecule has 0 spiro atoms. The van der Waals surface area contributed by atoms with E-state index in [4.69, 9.17) is 0 Å². The van der Waals surface area contributed by atoms with Gasteiger partial charge in [-0.1, -0.05) is 31.4 Å². The Labute approximate surface area is 102 Å². The van der Waals surface area contributed by atoms with Crippen LogP contribution in [0.2, 0.25) is 0 Å². The molecule has 0 N–H and O–H groups in total. The summed E-state index contributed by atoms with van der Waals surface area (Å²) in [6.07, 6.45) is 4.91. The van der Waals surface area contributed by atoms with Crippen LogP contribution in [0.25, 0.3) is 0 Å². The first-order valence-corrected chi connectivity index (χ1v) is 5.41. The maximum atomic E-state index is 12.1. The van der Waals surface area contributed by atoms with Crippen molar-refractivity contribution in [2.45, 2.75) is 20.8 Å². The molecule has 0 amide bonds. The lowest BCUT2D eigenvalue weighted by Gasteiger charge is -2.04. The summed E-state index contributed by atoms with van der Waals surface area (Å²) in [5.74, 6) is -0.295. The molecule has 0 saturated carbocycles. The smallest absolute Gasteiger partial charge is 0.194 e. The molecule has 88 valence electrons. The maximum absolute atomic E-state index is 12.1. The zero-order valence-corrected chi connectivity index (χ0v) is 10.5. The summed E-state index contributed by atoms with van der Waals surface area (Å²) in [5, 5.41) is 0. The number of rotatable bonds is 3. The monoisotopic (exact) mass is 228 g/mol. The first kappa shape index (κ1) is 13.1. The predicted molar refractivity (Wildman–Crippen MR) is 69.6 cm³/mol. The van der Waals surface area contributed by atoms with Gasteiger partial charge in [-0.25, -0.2) is 0 Å². The van der Waals surface area contributed by atoms with E-state index in [0.29, 0.717) is 22.3 Å². The summed E-state index contributed by atoms with van der Waals surface area (Å²) in [6, 6.07) is 0. The molecule has 17 heavy (non-hydrogen) atoms. The Balaban J connectivity index is 3.51. The van der Waals surface area contributed by atoms with E-state index in [1.54, 1.807) is 19.1 Å². The highest BCUT2D eigenvalue weighted by atomic mass is 16.1. The largest absolute Gasteiger partial charge is 0.294 e. The van der Waals surface area contributed by atoms with Gasteiger partial charge in [-0.2, -0.15) is 0 Å². The van der Waals surface area contributed by atoms with Gasteiger partial charge < -0.3 is 0 Å². The Morgan fingerprint density at radius 1 is 1.35 bits per heavy atom. The van der Waals surface area contributed by atoms with Crippen LogP contribution in [-0.2, 0) is 9.59 Å². The molecule has 0 saturated heterocycles. The van der Waals surface area contributed by atoms with E-state index in [2.05, 4.69) is 13.2 Å². The minimum absolute atomic E-state index is 0.134. The van der Waals surface area contributed by atoms with Crippen molar-refractivity contribution in [1.29, 1.82) is 0 Å². The zero-order chi connectivity index (χ0) is 13.2. The minimum atomic E-state index is -0.161. The van der Waals surface area contributed by atoms with Crippen LogP contribution < -0.4 is 0 Å². The molecule has 0 heterocycles. The molecule has 0 aromatic rings. The SMILES string of the molecule is C=CC1=C(C)C(=C)/C(=C(\C=C/C)C(C)=O)C1=O. The van der Waals surface area contributed by atoms with E-state index >= 15 is 0 Å². The molecule has 0 aromatic heterocycles. The number of Topliss-reactive ketones (excluding diaryl/α,β-unsaturated/α-hetero) is 2. The Kier molecular flexibility index (Phi) is 3.79. The molecule has 0 aromatic carbocycles. The summed E-state index contributed by atoms with van der Waals surface area (Å²) < 4.78 is 0. The fraction of sp³-hybridized carbons (Fsp3) is 0.200. The number of allylic oxidation sites excluding steroid dienone is 8. The molecule has 0 atom stereocenters. The van der Waals surface area contributed by atoms with Crippen LogP contribution in [0.5, 0.6) is 0 Å². The van der Waals surface area contributed by atoms with Crippen molar-refractivity contribution in [2.75, 3.05) is 0 Å². The molecule has 0 aliphatic heterocycles. The number of carbonyl (C=O) groups excluding carboxylic acids is 2. The average Bonchev–Trinajstić information content (AvgIpc) is 2.48. The van der Waals surface area contributed by atoms with Crippen molar-refractivity contribution in [1.82, 2.24) is 0 Å². The fourth-order valence-corrected chi connectivity index (χ4v) is 1.87. The highest BCUT2D eigenvalue weighted by Gasteiger charge is 2.30. The van der Waals surface area contributed by atoms with Crippen LogP contribution in [0, 0.1) is 0 Å². The van der Waals surface area contributed by atoms with Gasteiger partial charge in [0.2, 0.25) is 0 Å². The fourth-order valence-electron chi connectivity index (χ4n) is 1.87. The van der Waals surface area contributed by atoms with Crippen molar-refractivity contribution in [2.24, 2.45) is 0 Å². The highest BCUT2D eigenvalue weighted by molar-refractivity contribution is 6.22. The standard InChI is InChI=1S/C15H16O2/c1-6-8-13(11(5)16)14-10(4)9(3)12(7-2)15(14)17/h6-8H,2,4H2,1,3,5H3/b8-6-,14-13-. The number of ketones is 2. The first-order chi connectivity index (χ1) is 7.95. The van der Waals surface area contributed by atoms with Crippen LogP contribution in [0.4, 0.5) is 0 Å². The summed E-state index contributed by atoms with van der Waals surface area (Å²) in [5.41, 5.74) is 2.77. The Hall–Kier alpha value is -1.96. The first-order valence-electron chi connectivity index (χ1n) is 5.41. The molecule has 2 heteroatoms. The van der Waals surface area contributed by atoms with Crippen molar-refractivity contribution < 1.29 is 9.59 Å². The van der Waals surface area contributed by atoms with Crippen LogP contribution in [-0.4, -0.2) is 11.6 Å². The van der Waals surface area contributed by atoms with Gasteiger partial charge in [0.15, 0.2) is 11.6 Å². The van der Waals surface area contributed by atoms with E-state index in [0.717, 1.165) is 5.57 Å². The molecule has 1 aliphatic carbocycles. The molecule has 0 radical (unpaired) electrons. The van der Waals surface area contributed by atoms with Crippen molar-refractivity contribution in [3.63, 3.8) is 0 Å². The van der Waals surface area contributed by atoms with Crippen LogP contribution in [0.3, 0.4) is 0 Å². The minimum Gasteiger partial charge on any atom is -0.294 e. The molecule has 2 nitrogen and oxygen atoms in total. The zero-order valence-electron chi connectivity index (χ0n) is 10.5. The number of hydrogen-bond donors (Lipinski definition) is 0. The molecule has 0 fully saturated rings. The van der Waals surface area contributed by atoms with Gasteiger partial charge in [-0.15, -0.1) is 0 Å². The summed E-state index contributed by atoms with van der Waals surface area (Å²) in [7, 11) is 0. The van der Waals surface area contributed by atoms with Gasteiger partial charge in [0.05, 0.1) is 0 Å². The van der Waals surface area contributed by atoms with Gasteiger partial charge >= 0.3 is 0 Å². The predicted octanol–water partition coefficient (Wildman–Crippen LogP) is 3.09. The van der Waals surface area contributed by atoms with Gasteiger partial charge in [0.25, 0.3) is 0 Å².